The van der Waals surface area contributed by atoms with E-state index in [9.17, 15) is 0 Å². The highest BCUT2D eigenvalue weighted by Gasteiger charge is 2.25. The van der Waals surface area contributed by atoms with E-state index in [1.54, 1.807) is 0 Å². The molecule has 1 saturated heterocycles. The fraction of sp³-hybridized carbons (Fsp3) is 0.750. The Bertz CT molecular complexity index is 470. The zero-order valence-electron chi connectivity index (χ0n) is 12.9. The molecule has 4 heteroatoms. The smallest absolute Gasteiger partial charge is 0.225 e. The second-order valence-electron chi connectivity index (χ2n) is 6.62. The van der Waals surface area contributed by atoms with Crippen molar-refractivity contribution in [2.45, 2.75) is 65.1 Å². The predicted octanol–water partition coefficient (Wildman–Crippen LogP) is 2.66. The first-order valence-electron chi connectivity index (χ1n) is 7.96. The lowest BCUT2D eigenvalue weighted by molar-refractivity contribution is 0.385. The summed E-state index contributed by atoms with van der Waals surface area (Å²) in [6.07, 6.45) is 7.22. The van der Waals surface area contributed by atoms with Crippen LogP contribution in [0.5, 0.6) is 0 Å². The number of aromatic nitrogens is 2. The van der Waals surface area contributed by atoms with E-state index < -0.39 is 0 Å². The molecule has 1 N–H and O–H groups in total. The van der Waals surface area contributed by atoms with Crippen molar-refractivity contribution in [3.8, 4) is 0 Å². The molecule has 0 aromatic carbocycles. The minimum atomic E-state index is 0.557. The first-order chi connectivity index (χ1) is 9.63. The summed E-state index contributed by atoms with van der Waals surface area (Å²) in [4.78, 5) is 11.8. The molecule has 1 aliphatic heterocycles. The fourth-order valence-corrected chi connectivity index (χ4v) is 2.90. The van der Waals surface area contributed by atoms with E-state index in [-0.39, 0.29) is 0 Å². The Balaban J connectivity index is 1.71. The normalized spacial score (nSPS) is 26.9. The monoisotopic (exact) mass is 274 g/mol. The van der Waals surface area contributed by atoms with E-state index in [0.717, 1.165) is 36.7 Å². The van der Waals surface area contributed by atoms with Gasteiger partial charge in [-0.15, -0.1) is 0 Å². The predicted molar refractivity (Wildman–Crippen MR) is 81.8 cm³/mol. The van der Waals surface area contributed by atoms with E-state index >= 15 is 0 Å². The first-order valence-corrected chi connectivity index (χ1v) is 7.96. The molecule has 2 aliphatic rings. The Morgan fingerprint density at radius 3 is 2.75 bits per heavy atom. The Labute approximate surface area is 122 Å². The summed E-state index contributed by atoms with van der Waals surface area (Å²) in [6, 6.07) is 1.29. The number of nitrogens with zero attached hydrogens (tertiary/aromatic N) is 3. The Kier molecular flexibility index (Phi) is 3.92. The average molecular weight is 274 g/mol. The third kappa shape index (κ3) is 3.11. The van der Waals surface area contributed by atoms with Gasteiger partial charge in [-0.1, -0.05) is 6.92 Å². The standard InChI is InChI=1S/C16H26N4/c1-11-4-5-12(2)20(10-11)16-18-9-14(13(3)19-16)8-17-15-6-7-15/h9,11-12,15,17H,4-8,10H2,1-3H3. The minimum absolute atomic E-state index is 0.557. The SMILES string of the molecule is Cc1nc(N2CC(C)CCC2C)ncc1CNC1CC1. The van der Waals surface area contributed by atoms with Crippen LogP contribution in [-0.2, 0) is 6.54 Å². The lowest BCUT2D eigenvalue weighted by atomic mass is 9.95. The molecule has 1 aromatic heterocycles. The number of piperidine rings is 1. The van der Waals surface area contributed by atoms with Crippen molar-refractivity contribution in [1.82, 2.24) is 15.3 Å². The summed E-state index contributed by atoms with van der Waals surface area (Å²) >= 11 is 0. The van der Waals surface area contributed by atoms with E-state index in [2.05, 4.69) is 36.0 Å². The largest absolute Gasteiger partial charge is 0.338 e. The maximum absolute atomic E-state index is 4.75. The maximum atomic E-state index is 4.75. The van der Waals surface area contributed by atoms with Gasteiger partial charge in [0.25, 0.3) is 0 Å². The molecule has 0 radical (unpaired) electrons. The Morgan fingerprint density at radius 2 is 2.05 bits per heavy atom. The molecule has 0 spiro atoms. The van der Waals surface area contributed by atoms with Crippen LogP contribution in [-0.4, -0.2) is 28.6 Å². The van der Waals surface area contributed by atoms with Crippen molar-refractivity contribution in [3.63, 3.8) is 0 Å². The number of hydrogen-bond acceptors (Lipinski definition) is 4. The second-order valence-corrected chi connectivity index (χ2v) is 6.62. The van der Waals surface area contributed by atoms with E-state index in [0.29, 0.717) is 6.04 Å². The van der Waals surface area contributed by atoms with Crippen molar-refractivity contribution < 1.29 is 0 Å². The molecule has 2 heterocycles. The highest BCUT2D eigenvalue weighted by Crippen LogP contribution is 2.25. The molecule has 1 aliphatic carbocycles. The number of hydrogen-bond donors (Lipinski definition) is 1. The highest BCUT2D eigenvalue weighted by molar-refractivity contribution is 5.35. The number of aryl methyl sites for hydroxylation is 1. The minimum Gasteiger partial charge on any atom is -0.338 e. The molecule has 2 unspecified atom stereocenters. The molecule has 4 nitrogen and oxygen atoms in total. The summed E-state index contributed by atoms with van der Waals surface area (Å²) in [5, 5.41) is 3.53. The van der Waals surface area contributed by atoms with E-state index in [1.807, 2.05) is 6.20 Å². The Morgan fingerprint density at radius 1 is 1.25 bits per heavy atom. The second kappa shape index (κ2) is 5.68. The maximum Gasteiger partial charge on any atom is 0.225 e. The zero-order chi connectivity index (χ0) is 14.1. The summed E-state index contributed by atoms with van der Waals surface area (Å²) in [7, 11) is 0. The molecular formula is C16H26N4. The van der Waals surface area contributed by atoms with Gasteiger partial charge >= 0.3 is 0 Å². The quantitative estimate of drug-likeness (QED) is 0.916. The molecular weight excluding hydrogens is 248 g/mol. The third-order valence-corrected chi connectivity index (χ3v) is 4.60. The molecule has 0 bridgehead atoms. The van der Waals surface area contributed by atoms with Crippen LogP contribution >= 0.6 is 0 Å². The lowest BCUT2D eigenvalue weighted by Gasteiger charge is -2.37. The molecule has 2 atom stereocenters. The fourth-order valence-electron chi connectivity index (χ4n) is 2.90. The van der Waals surface area contributed by atoms with Crippen LogP contribution < -0.4 is 10.2 Å². The van der Waals surface area contributed by atoms with Crippen molar-refractivity contribution in [1.29, 1.82) is 0 Å². The van der Waals surface area contributed by atoms with Crippen molar-refractivity contribution in [2.24, 2.45) is 5.92 Å². The summed E-state index contributed by atoms with van der Waals surface area (Å²) < 4.78 is 0. The summed E-state index contributed by atoms with van der Waals surface area (Å²) in [5.74, 6) is 1.66. The molecule has 1 saturated carbocycles. The van der Waals surface area contributed by atoms with Gasteiger partial charge < -0.3 is 10.2 Å². The van der Waals surface area contributed by atoms with Gasteiger partial charge in [0.1, 0.15) is 0 Å². The van der Waals surface area contributed by atoms with Gasteiger partial charge in [-0.25, -0.2) is 9.97 Å². The van der Waals surface area contributed by atoms with Gasteiger partial charge in [-0.3, -0.25) is 0 Å². The molecule has 2 fully saturated rings. The number of rotatable bonds is 4. The molecule has 110 valence electrons. The topological polar surface area (TPSA) is 41.1 Å². The van der Waals surface area contributed by atoms with E-state index in [1.165, 1.54) is 31.2 Å². The van der Waals surface area contributed by atoms with Gasteiger partial charge in [0, 0.05) is 42.6 Å². The van der Waals surface area contributed by atoms with Crippen LogP contribution in [0.2, 0.25) is 0 Å². The van der Waals surface area contributed by atoms with Crippen molar-refractivity contribution in [3.05, 3.63) is 17.5 Å². The van der Waals surface area contributed by atoms with Gasteiger partial charge in [-0.05, 0) is 45.4 Å². The van der Waals surface area contributed by atoms with Gasteiger partial charge in [-0.2, -0.15) is 0 Å². The van der Waals surface area contributed by atoms with E-state index in [4.69, 9.17) is 4.98 Å². The van der Waals surface area contributed by atoms with Crippen molar-refractivity contribution in [2.75, 3.05) is 11.4 Å². The molecule has 0 amide bonds. The summed E-state index contributed by atoms with van der Waals surface area (Å²) in [6.45, 7) is 8.70. The lowest BCUT2D eigenvalue weighted by Crippen LogP contribution is -2.42. The van der Waals surface area contributed by atoms with Crippen LogP contribution in [0.3, 0.4) is 0 Å². The summed E-state index contributed by atoms with van der Waals surface area (Å²) in [5.41, 5.74) is 2.35. The molecule has 20 heavy (non-hydrogen) atoms. The van der Waals surface area contributed by atoms with Crippen LogP contribution in [0.25, 0.3) is 0 Å². The Hall–Kier alpha value is -1.16. The van der Waals surface area contributed by atoms with Crippen LogP contribution in [0.15, 0.2) is 6.20 Å². The van der Waals surface area contributed by atoms with Gasteiger partial charge in [0.05, 0.1) is 0 Å². The molecule has 1 aromatic rings. The van der Waals surface area contributed by atoms with Crippen LogP contribution in [0.4, 0.5) is 5.95 Å². The third-order valence-electron chi connectivity index (χ3n) is 4.60. The first kappa shape index (κ1) is 13.8. The molecule has 3 rings (SSSR count). The van der Waals surface area contributed by atoms with Crippen molar-refractivity contribution >= 4 is 5.95 Å². The van der Waals surface area contributed by atoms with Gasteiger partial charge in [0.2, 0.25) is 5.95 Å². The van der Waals surface area contributed by atoms with Gasteiger partial charge in [0.15, 0.2) is 0 Å². The number of nitrogens with one attached hydrogen (secondary N) is 1. The van der Waals surface area contributed by atoms with Crippen LogP contribution in [0, 0.1) is 12.8 Å². The average Bonchev–Trinajstić information content (AvgIpc) is 3.24. The van der Waals surface area contributed by atoms with Crippen LogP contribution in [0.1, 0.15) is 50.8 Å². The zero-order valence-corrected chi connectivity index (χ0v) is 12.9. The highest BCUT2D eigenvalue weighted by atomic mass is 15.3. The number of anilines is 1.